The molecular formula is C19H24N4O4. The summed E-state index contributed by atoms with van der Waals surface area (Å²) in [6.07, 6.45) is 4.83. The number of benzene rings is 1. The minimum absolute atomic E-state index is 0.00722. The number of amides is 2. The average Bonchev–Trinajstić information content (AvgIpc) is 3.09. The molecule has 3 fully saturated rings. The first-order valence-electron chi connectivity index (χ1n) is 9.68. The quantitative estimate of drug-likeness (QED) is 0.646. The molecule has 1 aromatic carbocycles. The van der Waals surface area contributed by atoms with Crippen LogP contribution in [0.15, 0.2) is 18.2 Å². The van der Waals surface area contributed by atoms with Crippen molar-refractivity contribution in [1.29, 1.82) is 0 Å². The van der Waals surface area contributed by atoms with Gasteiger partial charge in [-0.3, -0.25) is 19.7 Å². The molecule has 1 N–H and O–H groups in total. The van der Waals surface area contributed by atoms with Crippen molar-refractivity contribution in [3.63, 3.8) is 0 Å². The summed E-state index contributed by atoms with van der Waals surface area (Å²) in [7, 11) is 0. The molecule has 144 valence electrons. The van der Waals surface area contributed by atoms with Gasteiger partial charge in [0, 0.05) is 38.3 Å². The van der Waals surface area contributed by atoms with Gasteiger partial charge in [-0.25, -0.2) is 0 Å². The number of nitro benzene ring substituents is 1. The van der Waals surface area contributed by atoms with E-state index in [0.29, 0.717) is 18.7 Å². The number of piperidine rings is 2. The fourth-order valence-electron chi connectivity index (χ4n) is 4.58. The number of nitrogens with one attached hydrogen (secondary N) is 1. The lowest BCUT2D eigenvalue weighted by molar-refractivity contribution is -0.384. The van der Waals surface area contributed by atoms with Crippen LogP contribution in [0, 0.1) is 16.0 Å². The number of nitrogens with zero attached hydrogens (tertiary/aromatic N) is 3. The van der Waals surface area contributed by atoms with Crippen LogP contribution in [-0.4, -0.2) is 53.9 Å². The van der Waals surface area contributed by atoms with E-state index in [0.717, 1.165) is 50.9 Å². The first-order valence-corrected chi connectivity index (χ1v) is 9.68. The van der Waals surface area contributed by atoms with Crippen molar-refractivity contribution in [2.24, 2.45) is 5.92 Å². The van der Waals surface area contributed by atoms with Crippen molar-refractivity contribution in [3.8, 4) is 0 Å². The lowest BCUT2D eigenvalue weighted by Gasteiger charge is -2.37. The third kappa shape index (κ3) is 3.24. The molecule has 4 rings (SSSR count). The molecule has 0 bridgehead atoms. The number of likely N-dealkylation sites (tertiary alicyclic amines) is 1. The monoisotopic (exact) mass is 372 g/mol. The molecule has 3 saturated heterocycles. The number of rotatable bonds is 3. The van der Waals surface area contributed by atoms with Crippen LogP contribution in [0.4, 0.5) is 11.4 Å². The Labute approximate surface area is 157 Å². The van der Waals surface area contributed by atoms with Crippen molar-refractivity contribution in [3.05, 3.63) is 33.9 Å². The normalized spacial score (nSPS) is 25.1. The molecule has 0 saturated carbocycles. The first-order chi connectivity index (χ1) is 13.1. The zero-order valence-corrected chi connectivity index (χ0v) is 15.2. The minimum atomic E-state index is -0.462. The Balaban J connectivity index is 1.69. The third-order valence-electron chi connectivity index (χ3n) is 5.98. The van der Waals surface area contributed by atoms with E-state index in [1.54, 1.807) is 11.0 Å². The van der Waals surface area contributed by atoms with Crippen LogP contribution in [0.5, 0.6) is 0 Å². The minimum Gasteiger partial charge on any atom is -0.371 e. The molecule has 2 amide bonds. The van der Waals surface area contributed by atoms with Gasteiger partial charge in [-0.05, 0) is 38.2 Å². The summed E-state index contributed by atoms with van der Waals surface area (Å²) in [5, 5.41) is 14.1. The Bertz CT molecular complexity index is 775. The average molecular weight is 372 g/mol. The third-order valence-corrected chi connectivity index (χ3v) is 5.98. The second-order valence-electron chi connectivity index (χ2n) is 7.57. The summed E-state index contributed by atoms with van der Waals surface area (Å²) in [6, 6.07) is 4.42. The standard InChI is InChI=1S/C19H24N4O4/c24-18-14-5-4-10-22(17(14)12-20-18)19(25)15-11-13(23(26)27)6-7-16(15)21-8-2-1-3-9-21/h6-7,11,14,17H,1-5,8-10,12H2,(H,20,24). The molecule has 0 radical (unpaired) electrons. The second kappa shape index (κ2) is 7.17. The second-order valence-corrected chi connectivity index (χ2v) is 7.57. The van der Waals surface area contributed by atoms with Crippen LogP contribution in [0.25, 0.3) is 0 Å². The molecule has 0 spiro atoms. The molecule has 8 nitrogen and oxygen atoms in total. The summed E-state index contributed by atoms with van der Waals surface area (Å²) in [4.78, 5) is 40.2. The molecule has 0 aromatic heterocycles. The highest BCUT2D eigenvalue weighted by Gasteiger charge is 2.43. The lowest BCUT2D eigenvalue weighted by atomic mass is 9.90. The predicted molar refractivity (Wildman–Crippen MR) is 99.7 cm³/mol. The summed E-state index contributed by atoms with van der Waals surface area (Å²) < 4.78 is 0. The van der Waals surface area contributed by atoms with Crippen LogP contribution < -0.4 is 10.2 Å². The van der Waals surface area contributed by atoms with E-state index in [-0.39, 0.29) is 29.5 Å². The fourth-order valence-corrected chi connectivity index (χ4v) is 4.58. The van der Waals surface area contributed by atoms with Crippen LogP contribution in [-0.2, 0) is 4.79 Å². The highest BCUT2D eigenvalue weighted by molar-refractivity contribution is 6.01. The zero-order chi connectivity index (χ0) is 19.0. The number of carbonyl (C=O) groups excluding carboxylic acids is 2. The molecule has 3 aliphatic heterocycles. The number of nitro groups is 1. The van der Waals surface area contributed by atoms with Crippen LogP contribution in [0.2, 0.25) is 0 Å². The molecule has 27 heavy (non-hydrogen) atoms. The van der Waals surface area contributed by atoms with Crippen molar-refractivity contribution in [2.75, 3.05) is 31.1 Å². The maximum atomic E-state index is 13.4. The number of anilines is 1. The van der Waals surface area contributed by atoms with Gasteiger partial charge in [-0.15, -0.1) is 0 Å². The van der Waals surface area contributed by atoms with Crippen molar-refractivity contribution >= 4 is 23.2 Å². The van der Waals surface area contributed by atoms with Gasteiger partial charge in [-0.1, -0.05) is 0 Å². The maximum absolute atomic E-state index is 13.4. The number of non-ortho nitro benzene ring substituents is 1. The van der Waals surface area contributed by atoms with Gasteiger partial charge in [0.25, 0.3) is 11.6 Å². The number of fused-ring (bicyclic) bond motifs is 1. The maximum Gasteiger partial charge on any atom is 0.270 e. The highest BCUT2D eigenvalue weighted by Crippen LogP contribution is 2.33. The fraction of sp³-hybridized carbons (Fsp3) is 0.579. The highest BCUT2D eigenvalue weighted by atomic mass is 16.6. The smallest absolute Gasteiger partial charge is 0.270 e. The van der Waals surface area contributed by atoms with Gasteiger partial charge in [0.2, 0.25) is 5.91 Å². The molecule has 1 aromatic rings. The first kappa shape index (κ1) is 17.8. The lowest BCUT2D eigenvalue weighted by Crippen LogP contribution is -2.49. The zero-order valence-electron chi connectivity index (χ0n) is 15.2. The van der Waals surface area contributed by atoms with Crippen LogP contribution in [0.3, 0.4) is 0 Å². The Morgan fingerprint density at radius 1 is 1.15 bits per heavy atom. The van der Waals surface area contributed by atoms with Gasteiger partial charge in [0.15, 0.2) is 0 Å². The van der Waals surface area contributed by atoms with Gasteiger partial charge in [0.05, 0.1) is 28.1 Å². The van der Waals surface area contributed by atoms with E-state index in [1.807, 2.05) is 0 Å². The van der Waals surface area contributed by atoms with E-state index in [9.17, 15) is 19.7 Å². The van der Waals surface area contributed by atoms with E-state index >= 15 is 0 Å². The SMILES string of the molecule is O=C1NCC2C1CCCN2C(=O)c1cc([N+](=O)[O-])ccc1N1CCCCC1. The Morgan fingerprint density at radius 2 is 1.93 bits per heavy atom. The number of carbonyl (C=O) groups is 2. The van der Waals surface area contributed by atoms with Gasteiger partial charge in [-0.2, -0.15) is 0 Å². The molecule has 8 heteroatoms. The molecule has 2 atom stereocenters. The number of hydrogen-bond acceptors (Lipinski definition) is 5. The van der Waals surface area contributed by atoms with E-state index in [4.69, 9.17) is 0 Å². The Morgan fingerprint density at radius 3 is 2.67 bits per heavy atom. The van der Waals surface area contributed by atoms with Gasteiger partial charge in [0.1, 0.15) is 0 Å². The van der Waals surface area contributed by atoms with E-state index < -0.39 is 4.92 Å². The largest absolute Gasteiger partial charge is 0.371 e. The molecular weight excluding hydrogens is 348 g/mol. The Kier molecular flexibility index (Phi) is 4.72. The molecule has 2 unspecified atom stereocenters. The van der Waals surface area contributed by atoms with E-state index in [2.05, 4.69) is 10.2 Å². The van der Waals surface area contributed by atoms with Crippen molar-refractivity contribution in [2.45, 2.75) is 38.1 Å². The summed E-state index contributed by atoms with van der Waals surface area (Å²) in [5.74, 6) is -0.363. The molecule has 0 aliphatic carbocycles. The summed E-state index contributed by atoms with van der Waals surface area (Å²) in [6.45, 7) is 2.74. The summed E-state index contributed by atoms with van der Waals surface area (Å²) >= 11 is 0. The molecule has 3 aliphatic rings. The topological polar surface area (TPSA) is 95.8 Å². The van der Waals surface area contributed by atoms with Gasteiger partial charge < -0.3 is 15.1 Å². The van der Waals surface area contributed by atoms with Crippen molar-refractivity contribution in [1.82, 2.24) is 10.2 Å². The Hall–Kier alpha value is -2.64. The molecule has 3 heterocycles. The van der Waals surface area contributed by atoms with Crippen LogP contribution in [0.1, 0.15) is 42.5 Å². The predicted octanol–water partition coefficient (Wildman–Crippen LogP) is 1.94. The van der Waals surface area contributed by atoms with E-state index in [1.165, 1.54) is 12.1 Å². The van der Waals surface area contributed by atoms with Gasteiger partial charge >= 0.3 is 0 Å². The summed E-state index contributed by atoms with van der Waals surface area (Å²) in [5.41, 5.74) is 1.07. The number of hydrogen-bond donors (Lipinski definition) is 1. The van der Waals surface area contributed by atoms with Crippen molar-refractivity contribution < 1.29 is 14.5 Å². The van der Waals surface area contributed by atoms with Crippen LogP contribution >= 0.6 is 0 Å².